The zero-order chi connectivity index (χ0) is 28.5. The molecule has 2 heterocycles. The fourth-order valence-corrected chi connectivity index (χ4v) is 8.81. The molecule has 43 heavy (non-hydrogen) atoms. The summed E-state index contributed by atoms with van der Waals surface area (Å²) < 4.78 is 6.20. The van der Waals surface area contributed by atoms with Gasteiger partial charge in [0.15, 0.2) is 17.5 Å². The van der Waals surface area contributed by atoms with Gasteiger partial charge in [0.25, 0.3) is 0 Å². The minimum atomic E-state index is 0.167. The molecule has 0 atom stereocenters. The van der Waals surface area contributed by atoms with Crippen LogP contribution >= 0.6 is 0 Å². The SMILES string of the molecule is N#Cc1cc(-c2nc(-c3ccccc3)nc(-c3ccc4c(c3)oc3ccccc34)n2)cc(C23CC4C[C@H](C2)C[C@@H](C4)C3)c1. The van der Waals surface area contributed by atoms with Gasteiger partial charge in [-0.1, -0.05) is 54.6 Å². The van der Waals surface area contributed by atoms with Gasteiger partial charge in [0, 0.05) is 27.5 Å². The third-order valence-electron chi connectivity index (χ3n) is 10.3. The summed E-state index contributed by atoms with van der Waals surface area (Å²) in [4.78, 5) is 15.0. The van der Waals surface area contributed by atoms with Gasteiger partial charge in [-0.3, -0.25) is 0 Å². The second-order valence-corrected chi connectivity index (χ2v) is 13.1. The highest BCUT2D eigenvalue weighted by Crippen LogP contribution is 2.61. The van der Waals surface area contributed by atoms with Crippen molar-refractivity contribution in [2.24, 2.45) is 17.8 Å². The molecule has 6 aromatic rings. The number of hydrogen-bond donors (Lipinski definition) is 0. The highest BCUT2D eigenvalue weighted by molar-refractivity contribution is 6.05. The van der Waals surface area contributed by atoms with Crippen molar-refractivity contribution in [3.63, 3.8) is 0 Å². The molecular weight excluding hydrogens is 528 g/mol. The van der Waals surface area contributed by atoms with Gasteiger partial charge in [-0.25, -0.2) is 15.0 Å². The highest BCUT2D eigenvalue weighted by Gasteiger charge is 2.51. The summed E-state index contributed by atoms with van der Waals surface area (Å²) in [6.45, 7) is 0. The Balaban J connectivity index is 1.21. The van der Waals surface area contributed by atoms with Gasteiger partial charge in [-0.05, 0) is 104 Å². The zero-order valence-electron chi connectivity index (χ0n) is 23.8. The van der Waals surface area contributed by atoms with Gasteiger partial charge < -0.3 is 4.42 Å². The smallest absolute Gasteiger partial charge is 0.164 e. The Hall–Kier alpha value is -4.82. The van der Waals surface area contributed by atoms with E-state index in [2.05, 4.69) is 36.4 Å². The molecule has 0 aliphatic heterocycles. The molecule has 4 aromatic carbocycles. The van der Waals surface area contributed by atoms with Crippen LogP contribution in [0.25, 0.3) is 56.1 Å². The van der Waals surface area contributed by atoms with Crippen molar-refractivity contribution in [2.45, 2.75) is 43.9 Å². The lowest BCUT2D eigenvalue weighted by Gasteiger charge is -2.57. The summed E-state index contributed by atoms with van der Waals surface area (Å²) in [5, 5.41) is 12.3. The van der Waals surface area contributed by atoms with Gasteiger partial charge in [-0.2, -0.15) is 5.26 Å². The summed E-state index contributed by atoms with van der Waals surface area (Å²) in [5.74, 6) is 4.26. The Morgan fingerprint density at radius 2 is 1.23 bits per heavy atom. The number of benzene rings is 4. The van der Waals surface area contributed by atoms with Crippen molar-refractivity contribution in [3.8, 4) is 40.2 Å². The Morgan fingerprint density at radius 1 is 0.605 bits per heavy atom. The number of nitriles is 1. The van der Waals surface area contributed by atoms with Crippen LogP contribution < -0.4 is 0 Å². The molecule has 4 fully saturated rings. The molecule has 0 saturated heterocycles. The molecule has 5 heteroatoms. The minimum Gasteiger partial charge on any atom is -0.456 e. The van der Waals surface area contributed by atoms with E-state index >= 15 is 0 Å². The highest BCUT2D eigenvalue weighted by atomic mass is 16.3. The van der Waals surface area contributed by atoms with Gasteiger partial charge in [-0.15, -0.1) is 0 Å². The van der Waals surface area contributed by atoms with Crippen LogP contribution in [-0.2, 0) is 5.41 Å². The van der Waals surface area contributed by atoms with Crippen molar-refractivity contribution in [1.82, 2.24) is 15.0 Å². The first kappa shape index (κ1) is 24.7. The predicted molar refractivity (Wildman–Crippen MR) is 168 cm³/mol. The first-order valence-electron chi connectivity index (χ1n) is 15.4. The standard InChI is InChI=1S/C38H30N4O/c39-22-26-15-29(17-30(16-26)38-19-23-12-24(20-38)14-25(13-23)21-38)37-41-35(27-6-2-1-3-7-27)40-36(42-37)28-10-11-32-31-8-4-5-9-33(31)43-34(32)18-28/h1-11,15-18,23-25H,12-14,19-21H2/t23-,24+,25?,38?. The lowest BCUT2D eigenvalue weighted by molar-refractivity contribution is -0.00518. The molecule has 10 rings (SSSR count). The molecule has 208 valence electrons. The van der Waals surface area contributed by atoms with E-state index in [1.165, 1.54) is 44.1 Å². The van der Waals surface area contributed by atoms with Crippen LogP contribution in [0, 0.1) is 29.1 Å². The van der Waals surface area contributed by atoms with E-state index in [-0.39, 0.29) is 5.41 Å². The van der Waals surface area contributed by atoms with E-state index in [1.54, 1.807) is 0 Å². The normalized spacial score (nSPS) is 24.0. The topological polar surface area (TPSA) is 75.6 Å². The molecule has 4 aliphatic rings. The van der Waals surface area contributed by atoms with E-state index in [1.807, 2.05) is 60.7 Å². The van der Waals surface area contributed by atoms with Crippen molar-refractivity contribution >= 4 is 21.9 Å². The second kappa shape index (κ2) is 9.34. The van der Waals surface area contributed by atoms with Gasteiger partial charge >= 0.3 is 0 Å². The second-order valence-electron chi connectivity index (χ2n) is 13.1. The largest absolute Gasteiger partial charge is 0.456 e. The average Bonchev–Trinajstić information content (AvgIpc) is 3.42. The quantitative estimate of drug-likeness (QED) is 0.216. The third-order valence-corrected chi connectivity index (χ3v) is 10.3. The summed E-state index contributed by atoms with van der Waals surface area (Å²) in [6, 6.07) is 33.1. The van der Waals surface area contributed by atoms with E-state index in [4.69, 9.17) is 19.4 Å². The number of rotatable bonds is 4. The molecule has 4 saturated carbocycles. The van der Waals surface area contributed by atoms with E-state index < -0.39 is 0 Å². The van der Waals surface area contributed by atoms with Crippen LogP contribution in [0.4, 0.5) is 0 Å². The first-order chi connectivity index (χ1) is 21.1. The molecule has 0 radical (unpaired) electrons. The maximum atomic E-state index is 10.1. The number of para-hydroxylation sites is 1. The number of hydrogen-bond acceptors (Lipinski definition) is 5. The molecule has 0 amide bonds. The van der Waals surface area contributed by atoms with Crippen molar-refractivity contribution in [1.29, 1.82) is 5.26 Å². The van der Waals surface area contributed by atoms with Crippen LogP contribution in [0.5, 0.6) is 0 Å². The molecule has 4 aliphatic carbocycles. The number of nitrogens with zero attached hydrogens (tertiary/aromatic N) is 4. The summed E-state index contributed by atoms with van der Waals surface area (Å²) in [5.41, 5.74) is 6.48. The lowest BCUT2D eigenvalue weighted by Crippen LogP contribution is -2.48. The number of aromatic nitrogens is 3. The monoisotopic (exact) mass is 558 g/mol. The molecule has 5 nitrogen and oxygen atoms in total. The molecule has 0 spiro atoms. The Bertz CT molecular complexity index is 2050. The van der Waals surface area contributed by atoms with Gasteiger partial charge in [0.2, 0.25) is 0 Å². The van der Waals surface area contributed by atoms with Crippen LogP contribution in [-0.4, -0.2) is 15.0 Å². The van der Waals surface area contributed by atoms with Crippen LogP contribution in [0.1, 0.15) is 49.7 Å². The molecule has 0 N–H and O–H groups in total. The first-order valence-corrected chi connectivity index (χ1v) is 15.4. The fourth-order valence-electron chi connectivity index (χ4n) is 8.81. The summed E-state index contributed by atoms with van der Waals surface area (Å²) in [6.07, 6.45) is 7.87. The third kappa shape index (κ3) is 4.08. The predicted octanol–water partition coefficient (Wildman–Crippen LogP) is 9.11. The van der Waals surface area contributed by atoms with Crippen LogP contribution in [0.2, 0.25) is 0 Å². The maximum absolute atomic E-state index is 10.1. The van der Waals surface area contributed by atoms with E-state index in [9.17, 15) is 5.26 Å². The number of fused-ring (bicyclic) bond motifs is 3. The van der Waals surface area contributed by atoms with Gasteiger partial charge in [0.05, 0.1) is 11.6 Å². The Labute approximate surface area is 250 Å². The zero-order valence-corrected chi connectivity index (χ0v) is 23.8. The Kier molecular flexibility index (Phi) is 5.38. The summed E-state index contributed by atoms with van der Waals surface area (Å²) in [7, 11) is 0. The van der Waals surface area contributed by atoms with Crippen LogP contribution in [0.15, 0.2) is 95.4 Å². The Morgan fingerprint density at radius 3 is 1.95 bits per heavy atom. The minimum absolute atomic E-state index is 0.167. The van der Waals surface area contributed by atoms with Crippen molar-refractivity contribution in [3.05, 3.63) is 102 Å². The molecule has 2 aromatic heterocycles. The molecule has 0 unspecified atom stereocenters. The lowest BCUT2D eigenvalue weighted by atomic mass is 9.48. The fraction of sp³-hybridized carbons (Fsp3) is 0.263. The molecular formula is C38H30N4O. The summed E-state index contributed by atoms with van der Waals surface area (Å²) >= 11 is 0. The van der Waals surface area contributed by atoms with Crippen LogP contribution in [0.3, 0.4) is 0 Å². The van der Waals surface area contributed by atoms with Gasteiger partial charge in [0.1, 0.15) is 11.2 Å². The number of furan rings is 1. The van der Waals surface area contributed by atoms with Crippen molar-refractivity contribution in [2.75, 3.05) is 0 Å². The maximum Gasteiger partial charge on any atom is 0.164 e. The average molecular weight is 559 g/mol. The van der Waals surface area contributed by atoms with E-state index in [0.29, 0.717) is 23.0 Å². The van der Waals surface area contributed by atoms with Crippen molar-refractivity contribution < 1.29 is 4.42 Å². The van der Waals surface area contributed by atoms with E-state index in [0.717, 1.165) is 56.4 Å². The molecule has 4 bridgehead atoms.